The molecule has 9 heteroatoms. The zero-order valence-corrected chi connectivity index (χ0v) is 12.8. The summed E-state index contributed by atoms with van der Waals surface area (Å²) in [6.07, 6.45) is 0.318. The summed E-state index contributed by atoms with van der Waals surface area (Å²) in [5.41, 5.74) is 0.470. The molecule has 0 fully saturated rings. The van der Waals surface area contributed by atoms with E-state index in [1.807, 2.05) is 0 Å². The van der Waals surface area contributed by atoms with Gasteiger partial charge in [0.25, 0.3) is 0 Å². The van der Waals surface area contributed by atoms with Crippen LogP contribution in [0.2, 0.25) is 5.02 Å². The van der Waals surface area contributed by atoms with Crippen LogP contribution < -0.4 is 4.72 Å². The van der Waals surface area contributed by atoms with E-state index in [4.69, 9.17) is 21.2 Å². The van der Waals surface area contributed by atoms with Crippen molar-refractivity contribution in [1.82, 2.24) is 14.9 Å². The van der Waals surface area contributed by atoms with Crippen LogP contribution in [0.4, 0.5) is 0 Å². The fourth-order valence-corrected chi connectivity index (χ4v) is 3.01. The van der Waals surface area contributed by atoms with Gasteiger partial charge in [0, 0.05) is 24.9 Å². The number of halogens is 1. The third-order valence-electron chi connectivity index (χ3n) is 2.72. The van der Waals surface area contributed by atoms with Crippen LogP contribution in [0.5, 0.6) is 0 Å². The van der Waals surface area contributed by atoms with Crippen LogP contribution in [0.25, 0.3) is 0 Å². The second-order valence-electron chi connectivity index (χ2n) is 4.29. The zero-order chi connectivity index (χ0) is 15.5. The molecule has 0 atom stereocenters. The Hall–Kier alpha value is -1.48. The minimum atomic E-state index is -3.67. The van der Waals surface area contributed by atoms with Crippen molar-refractivity contribution >= 4 is 21.6 Å². The van der Waals surface area contributed by atoms with E-state index in [-0.39, 0.29) is 23.1 Å². The number of hydrogen-bond acceptors (Lipinski definition) is 6. The molecular formula is C12H14ClN3O4S. The van der Waals surface area contributed by atoms with E-state index >= 15 is 0 Å². The average Bonchev–Trinajstić information content (AvgIpc) is 2.84. The van der Waals surface area contributed by atoms with Crippen LogP contribution in [-0.2, 0) is 23.1 Å². The fraction of sp³-hybridized carbons (Fsp3) is 0.333. The Morgan fingerprint density at radius 2 is 2.19 bits per heavy atom. The van der Waals surface area contributed by atoms with Crippen LogP contribution in [0.15, 0.2) is 27.6 Å². The van der Waals surface area contributed by atoms with E-state index in [0.717, 1.165) is 0 Å². The van der Waals surface area contributed by atoms with Crippen LogP contribution >= 0.6 is 11.6 Å². The SMILES string of the molecule is Cc1nc(CCNS(=O)(=O)c2ccc(CO)c(Cl)c2)no1. The molecule has 21 heavy (non-hydrogen) atoms. The molecule has 0 bridgehead atoms. The molecule has 0 saturated heterocycles. The van der Waals surface area contributed by atoms with E-state index in [1.165, 1.54) is 18.2 Å². The smallest absolute Gasteiger partial charge is 0.240 e. The molecule has 0 aliphatic rings. The van der Waals surface area contributed by atoms with Crippen molar-refractivity contribution in [3.8, 4) is 0 Å². The number of aliphatic hydroxyl groups is 1. The third-order valence-corrected chi connectivity index (χ3v) is 4.53. The minimum absolute atomic E-state index is 0.0361. The van der Waals surface area contributed by atoms with Crippen LogP contribution in [0.3, 0.4) is 0 Å². The largest absolute Gasteiger partial charge is 0.392 e. The maximum atomic E-state index is 12.1. The van der Waals surface area contributed by atoms with E-state index in [9.17, 15) is 8.42 Å². The van der Waals surface area contributed by atoms with Gasteiger partial charge in [-0.1, -0.05) is 22.8 Å². The minimum Gasteiger partial charge on any atom is -0.392 e. The van der Waals surface area contributed by atoms with Crippen LogP contribution in [0, 0.1) is 6.92 Å². The van der Waals surface area contributed by atoms with Crippen molar-refractivity contribution in [2.45, 2.75) is 24.8 Å². The van der Waals surface area contributed by atoms with Crippen molar-refractivity contribution in [3.63, 3.8) is 0 Å². The van der Waals surface area contributed by atoms with Crippen LogP contribution in [-0.4, -0.2) is 30.2 Å². The summed E-state index contributed by atoms with van der Waals surface area (Å²) in [7, 11) is -3.67. The van der Waals surface area contributed by atoms with Crippen molar-refractivity contribution in [1.29, 1.82) is 0 Å². The Balaban J connectivity index is 2.02. The second-order valence-corrected chi connectivity index (χ2v) is 6.46. The first-order valence-electron chi connectivity index (χ1n) is 6.10. The molecule has 0 radical (unpaired) electrons. The molecule has 0 saturated carbocycles. The van der Waals surface area contributed by atoms with Crippen LogP contribution in [0.1, 0.15) is 17.3 Å². The van der Waals surface area contributed by atoms with Gasteiger partial charge in [0.1, 0.15) is 0 Å². The van der Waals surface area contributed by atoms with Gasteiger partial charge in [-0.25, -0.2) is 13.1 Å². The molecule has 2 rings (SSSR count). The number of aromatic nitrogens is 2. The molecule has 114 valence electrons. The zero-order valence-electron chi connectivity index (χ0n) is 11.2. The summed E-state index contributed by atoms with van der Waals surface area (Å²) in [6, 6.07) is 4.16. The number of nitrogens with zero attached hydrogens (tertiary/aromatic N) is 2. The van der Waals surface area contributed by atoms with Crippen molar-refractivity contribution in [2.75, 3.05) is 6.54 Å². The first-order chi connectivity index (χ1) is 9.92. The molecule has 2 N–H and O–H groups in total. The summed E-state index contributed by atoms with van der Waals surface area (Å²) < 4.78 is 31.4. The summed E-state index contributed by atoms with van der Waals surface area (Å²) >= 11 is 5.88. The Labute approximate surface area is 127 Å². The quantitative estimate of drug-likeness (QED) is 0.819. The lowest BCUT2D eigenvalue weighted by Gasteiger charge is -2.07. The number of sulfonamides is 1. The maximum Gasteiger partial charge on any atom is 0.240 e. The summed E-state index contributed by atoms with van der Waals surface area (Å²) in [5.74, 6) is 0.864. The molecule has 0 unspecified atom stereocenters. The summed E-state index contributed by atoms with van der Waals surface area (Å²) in [4.78, 5) is 4.01. The predicted molar refractivity (Wildman–Crippen MR) is 75.3 cm³/mol. The Morgan fingerprint density at radius 1 is 1.43 bits per heavy atom. The molecule has 7 nitrogen and oxygen atoms in total. The van der Waals surface area contributed by atoms with E-state index in [0.29, 0.717) is 23.7 Å². The monoisotopic (exact) mass is 331 g/mol. The van der Waals surface area contributed by atoms with Gasteiger partial charge in [0.05, 0.1) is 11.5 Å². The number of benzene rings is 1. The molecule has 0 aliphatic carbocycles. The van der Waals surface area contributed by atoms with Gasteiger partial charge in [-0.3, -0.25) is 0 Å². The number of aryl methyl sites for hydroxylation is 1. The average molecular weight is 332 g/mol. The van der Waals surface area contributed by atoms with Gasteiger partial charge >= 0.3 is 0 Å². The van der Waals surface area contributed by atoms with Gasteiger partial charge in [0.2, 0.25) is 15.9 Å². The second kappa shape index (κ2) is 6.52. The predicted octanol–water partition coefficient (Wildman–Crippen LogP) is 1.04. The first kappa shape index (κ1) is 15.9. The standard InChI is InChI=1S/C12H14ClN3O4S/c1-8-15-12(16-20-8)4-5-14-21(18,19)10-3-2-9(7-17)11(13)6-10/h2-3,6,14,17H,4-5,7H2,1H3. The van der Waals surface area contributed by atoms with Crippen molar-refractivity contribution in [3.05, 3.63) is 40.5 Å². The number of hydrogen-bond donors (Lipinski definition) is 2. The van der Waals surface area contributed by atoms with E-state index in [1.54, 1.807) is 6.92 Å². The highest BCUT2D eigenvalue weighted by Crippen LogP contribution is 2.20. The molecule has 0 spiro atoms. The normalized spacial score (nSPS) is 11.8. The molecule has 0 aliphatic heterocycles. The topological polar surface area (TPSA) is 105 Å². The Kier molecular flexibility index (Phi) is 4.94. The first-order valence-corrected chi connectivity index (χ1v) is 7.96. The molecule has 1 aromatic heterocycles. The number of rotatable bonds is 6. The molecule has 1 aromatic carbocycles. The molecule has 2 aromatic rings. The van der Waals surface area contributed by atoms with Gasteiger partial charge in [-0.15, -0.1) is 0 Å². The Bertz CT molecular complexity index is 730. The van der Waals surface area contributed by atoms with Crippen molar-refractivity contribution < 1.29 is 18.0 Å². The lowest BCUT2D eigenvalue weighted by atomic mass is 10.2. The Morgan fingerprint density at radius 3 is 2.76 bits per heavy atom. The van der Waals surface area contributed by atoms with Crippen molar-refractivity contribution in [2.24, 2.45) is 0 Å². The maximum absolute atomic E-state index is 12.1. The third kappa shape index (κ3) is 4.01. The van der Waals surface area contributed by atoms with Gasteiger partial charge in [0.15, 0.2) is 5.82 Å². The van der Waals surface area contributed by atoms with E-state index < -0.39 is 10.0 Å². The highest BCUT2D eigenvalue weighted by atomic mass is 35.5. The highest BCUT2D eigenvalue weighted by Gasteiger charge is 2.15. The molecule has 0 amide bonds. The number of aliphatic hydroxyl groups excluding tert-OH is 1. The van der Waals surface area contributed by atoms with Gasteiger partial charge in [-0.05, 0) is 17.7 Å². The van der Waals surface area contributed by atoms with Gasteiger partial charge < -0.3 is 9.63 Å². The fourth-order valence-electron chi connectivity index (χ4n) is 1.65. The lowest BCUT2D eigenvalue weighted by molar-refractivity contribution is 0.282. The van der Waals surface area contributed by atoms with Gasteiger partial charge in [-0.2, -0.15) is 4.98 Å². The van der Waals surface area contributed by atoms with E-state index in [2.05, 4.69) is 14.9 Å². The summed E-state index contributed by atoms with van der Waals surface area (Å²) in [5, 5.41) is 12.9. The number of nitrogens with one attached hydrogen (secondary N) is 1. The molecular weight excluding hydrogens is 318 g/mol. The lowest BCUT2D eigenvalue weighted by Crippen LogP contribution is -2.26. The molecule has 1 heterocycles. The highest BCUT2D eigenvalue weighted by molar-refractivity contribution is 7.89. The summed E-state index contributed by atoms with van der Waals surface area (Å²) in [6.45, 7) is 1.55.